The minimum Gasteiger partial charge on any atom is -0.381 e. The maximum Gasteiger partial charge on any atom is 0.245 e. The van der Waals surface area contributed by atoms with Gasteiger partial charge in [0.2, 0.25) is 5.91 Å². The Morgan fingerprint density at radius 2 is 1.56 bits per heavy atom. The molecule has 2 bridgehead atoms. The SMILES string of the molecule is CCCCCCOCCC1C2CCC(O2)C1CCOCCCC(=O)N(C)O. The van der Waals surface area contributed by atoms with Crippen LogP contribution in [-0.4, -0.2) is 61.9 Å². The second kappa shape index (κ2) is 12.7. The van der Waals surface area contributed by atoms with E-state index in [2.05, 4.69) is 6.92 Å². The molecule has 27 heavy (non-hydrogen) atoms. The van der Waals surface area contributed by atoms with Gasteiger partial charge in [-0.15, -0.1) is 0 Å². The van der Waals surface area contributed by atoms with Gasteiger partial charge in [0, 0.05) is 39.9 Å². The quantitative estimate of drug-likeness (QED) is 0.264. The monoisotopic (exact) mass is 385 g/mol. The zero-order valence-electron chi connectivity index (χ0n) is 17.2. The van der Waals surface area contributed by atoms with E-state index in [-0.39, 0.29) is 5.91 Å². The molecule has 4 atom stereocenters. The van der Waals surface area contributed by atoms with Crippen LogP contribution in [0, 0.1) is 11.8 Å². The van der Waals surface area contributed by atoms with E-state index in [0.29, 0.717) is 48.6 Å². The Kier molecular flexibility index (Phi) is 10.6. The van der Waals surface area contributed by atoms with Crippen molar-refractivity contribution in [1.82, 2.24) is 5.06 Å². The molecule has 6 heteroatoms. The van der Waals surface area contributed by atoms with E-state index >= 15 is 0 Å². The molecule has 0 saturated carbocycles. The largest absolute Gasteiger partial charge is 0.381 e. The molecule has 0 aromatic carbocycles. The Hall–Kier alpha value is -0.690. The van der Waals surface area contributed by atoms with Gasteiger partial charge in [0.25, 0.3) is 0 Å². The molecule has 0 aliphatic carbocycles. The summed E-state index contributed by atoms with van der Waals surface area (Å²) in [5, 5.41) is 9.66. The molecule has 158 valence electrons. The van der Waals surface area contributed by atoms with Crippen LogP contribution >= 0.6 is 0 Å². The third kappa shape index (κ3) is 7.68. The molecule has 0 aromatic heterocycles. The zero-order valence-corrected chi connectivity index (χ0v) is 17.2. The van der Waals surface area contributed by atoms with Gasteiger partial charge in [-0.05, 0) is 50.4 Å². The molecule has 2 heterocycles. The maximum absolute atomic E-state index is 11.3. The van der Waals surface area contributed by atoms with Gasteiger partial charge >= 0.3 is 0 Å². The number of hydroxylamine groups is 2. The normalized spacial score (nSPS) is 26.6. The van der Waals surface area contributed by atoms with E-state index in [1.165, 1.54) is 45.6 Å². The van der Waals surface area contributed by atoms with Gasteiger partial charge in [0.15, 0.2) is 0 Å². The molecular weight excluding hydrogens is 346 g/mol. The Morgan fingerprint density at radius 3 is 2.11 bits per heavy atom. The average Bonchev–Trinajstić information content (AvgIpc) is 3.25. The summed E-state index contributed by atoms with van der Waals surface area (Å²) in [6.07, 6.45) is 11.3. The van der Waals surface area contributed by atoms with Crippen LogP contribution in [0.1, 0.15) is 71.1 Å². The predicted molar refractivity (Wildman–Crippen MR) is 104 cm³/mol. The third-order valence-electron chi connectivity index (χ3n) is 5.96. The number of carbonyl (C=O) groups is 1. The summed E-state index contributed by atoms with van der Waals surface area (Å²) in [5.41, 5.74) is 0. The second-order valence-electron chi connectivity index (χ2n) is 8.00. The van der Waals surface area contributed by atoms with Crippen molar-refractivity contribution >= 4 is 5.91 Å². The van der Waals surface area contributed by atoms with E-state index < -0.39 is 0 Å². The first kappa shape index (κ1) is 22.6. The molecule has 4 unspecified atom stereocenters. The van der Waals surface area contributed by atoms with Gasteiger partial charge in [-0.2, -0.15) is 0 Å². The number of fused-ring (bicyclic) bond motifs is 2. The summed E-state index contributed by atoms with van der Waals surface area (Å²) in [4.78, 5) is 11.3. The summed E-state index contributed by atoms with van der Waals surface area (Å²) in [6.45, 7) is 5.24. The number of ether oxygens (including phenoxy) is 3. The average molecular weight is 386 g/mol. The first-order valence-electron chi connectivity index (χ1n) is 10.9. The molecule has 2 aliphatic rings. The van der Waals surface area contributed by atoms with Crippen LogP contribution < -0.4 is 0 Å². The molecular formula is C21H39NO5. The Labute approximate surface area is 164 Å². The summed E-state index contributed by atoms with van der Waals surface area (Å²) >= 11 is 0. The summed E-state index contributed by atoms with van der Waals surface area (Å²) in [6, 6.07) is 0. The van der Waals surface area contributed by atoms with Crippen molar-refractivity contribution in [2.45, 2.75) is 83.3 Å². The van der Waals surface area contributed by atoms with Crippen molar-refractivity contribution in [3.63, 3.8) is 0 Å². The number of hydrogen-bond acceptors (Lipinski definition) is 5. The molecule has 2 aliphatic heterocycles. The molecule has 2 fully saturated rings. The van der Waals surface area contributed by atoms with Gasteiger partial charge in [-0.25, -0.2) is 5.06 Å². The van der Waals surface area contributed by atoms with E-state index in [4.69, 9.17) is 19.4 Å². The molecule has 2 saturated heterocycles. The summed E-state index contributed by atoms with van der Waals surface area (Å²) in [5.74, 6) is 0.917. The lowest BCUT2D eigenvalue weighted by Crippen LogP contribution is -2.29. The fourth-order valence-corrected chi connectivity index (χ4v) is 4.43. The van der Waals surface area contributed by atoms with Gasteiger partial charge in [0.1, 0.15) is 0 Å². The molecule has 0 spiro atoms. The third-order valence-corrected chi connectivity index (χ3v) is 5.96. The Balaban J connectivity index is 1.56. The standard InChI is InChI=1S/C21H39NO5/c1-3-4-5-6-13-25-15-11-17-18(20-10-9-19(17)27-20)12-16-26-14-7-8-21(23)22(2)24/h17-20,24H,3-16H2,1-2H3. The fraction of sp³-hybridized carbons (Fsp3) is 0.952. The number of rotatable bonds is 15. The highest BCUT2D eigenvalue weighted by Gasteiger charge is 2.47. The van der Waals surface area contributed by atoms with Crippen LogP contribution in [0.5, 0.6) is 0 Å². The summed E-state index contributed by atoms with van der Waals surface area (Å²) in [7, 11) is 1.35. The minimum absolute atomic E-state index is 0.269. The molecule has 1 N–H and O–H groups in total. The van der Waals surface area contributed by atoms with E-state index in [1.54, 1.807) is 0 Å². The Morgan fingerprint density at radius 1 is 0.963 bits per heavy atom. The van der Waals surface area contributed by atoms with Crippen LogP contribution in [-0.2, 0) is 19.0 Å². The van der Waals surface area contributed by atoms with Crippen molar-refractivity contribution in [3.8, 4) is 0 Å². The lowest BCUT2D eigenvalue weighted by molar-refractivity contribution is -0.159. The van der Waals surface area contributed by atoms with E-state index in [1.807, 2.05) is 0 Å². The van der Waals surface area contributed by atoms with Crippen LogP contribution in [0.25, 0.3) is 0 Å². The number of unbranched alkanes of at least 4 members (excludes halogenated alkanes) is 3. The highest BCUT2D eigenvalue weighted by Crippen LogP contribution is 2.46. The molecule has 6 nitrogen and oxygen atoms in total. The van der Waals surface area contributed by atoms with Crippen molar-refractivity contribution in [3.05, 3.63) is 0 Å². The van der Waals surface area contributed by atoms with Crippen molar-refractivity contribution in [2.24, 2.45) is 11.8 Å². The summed E-state index contributed by atoms with van der Waals surface area (Å²) < 4.78 is 17.7. The van der Waals surface area contributed by atoms with Crippen molar-refractivity contribution in [1.29, 1.82) is 0 Å². The molecule has 0 aromatic rings. The molecule has 1 amide bonds. The molecule has 0 radical (unpaired) electrons. The first-order chi connectivity index (χ1) is 13.1. The van der Waals surface area contributed by atoms with Crippen LogP contribution in [0.2, 0.25) is 0 Å². The number of nitrogens with zero attached hydrogens (tertiary/aromatic N) is 1. The highest BCUT2D eigenvalue weighted by atomic mass is 16.5. The zero-order chi connectivity index (χ0) is 19.5. The number of hydrogen-bond donors (Lipinski definition) is 1. The first-order valence-corrected chi connectivity index (χ1v) is 10.9. The van der Waals surface area contributed by atoms with E-state index in [9.17, 15) is 4.79 Å². The minimum atomic E-state index is -0.269. The van der Waals surface area contributed by atoms with Crippen LogP contribution in [0.4, 0.5) is 0 Å². The Bertz CT molecular complexity index is 417. The predicted octanol–water partition coefficient (Wildman–Crippen LogP) is 3.80. The lowest BCUT2D eigenvalue weighted by Gasteiger charge is -2.28. The van der Waals surface area contributed by atoms with Gasteiger partial charge < -0.3 is 14.2 Å². The van der Waals surface area contributed by atoms with Gasteiger partial charge in [0.05, 0.1) is 12.2 Å². The van der Waals surface area contributed by atoms with Gasteiger partial charge in [-0.3, -0.25) is 10.0 Å². The molecule has 2 rings (SSSR count). The van der Waals surface area contributed by atoms with Crippen molar-refractivity contribution < 1.29 is 24.2 Å². The number of carbonyl (C=O) groups excluding carboxylic acids is 1. The lowest BCUT2D eigenvalue weighted by atomic mass is 9.76. The maximum atomic E-state index is 11.3. The van der Waals surface area contributed by atoms with Gasteiger partial charge in [-0.1, -0.05) is 26.2 Å². The number of amides is 1. The van der Waals surface area contributed by atoms with Crippen LogP contribution in [0.3, 0.4) is 0 Å². The van der Waals surface area contributed by atoms with E-state index in [0.717, 1.165) is 32.7 Å². The topological polar surface area (TPSA) is 68.2 Å². The fourth-order valence-electron chi connectivity index (χ4n) is 4.43. The highest BCUT2D eigenvalue weighted by molar-refractivity contribution is 5.74. The second-order valence-corrected chi connectivity index (χ2v) is 8.00. The smallest absolute Gasteiger partial charge is 0.245 e. The van der Waals surface area contributed by atoms with Crippen LogP contribution in [0.15, 0.2) is 0 Å². The van der Waals surface area contributed by atoms with Crippen molar-refractivity contribution in [2.75, 3.05) is 33.5 Å².